The first-order valence-corrected chi connectivity index (χ1v) is 9.05. The molecular weight excluding hydrogens is 370 g/mol. The number of amides is 2. The molecule has 1 N–H and O–H groups in total. The minimum absolute atomic E-state index is 0.189. The summed E-state index contributed by atoms with van der Waals surface area (Å²) < 4.78 is 11.1. The van der Waals surface area contributed by atoms with Gasteiger partial charge >= 0.3 is 0 Å². The van der Waals surface area contributed by atoms with E-state index in [1.54, 1.807) is 42.6 Å². The van der Waals surface area contributed by atoms with Crippen molar-refractivity contribution in [1.29, 1.82) is 0 Å². The minimum Gasteiger partial charge on any atom is -0.495 e. The van der Waals surface area contributed by atoms with Gasteiger partial charge in [-0.25, -0.2) is 4.98 Å². The second kappa shape index (κ2) is 7.63. The van der Waals surface area contributed by atoms with Crippen molar-refractivity contribution in [1.82, 2.24) is 4.98 Å². The number of rotatable bonds is 4. The lowest BCUT2D eigenvalue weighted by atomic mass is 10.1. The molecule has 2 aromatic carbocycles. The van der Waals surface area contributed by atoms with Crippen LogP contribution in [0.25, 0.3) is 0 Å². The van der Waals surface area contributed by atoms with Crippen molar-refractivity contribution in [3.63, 3.8) is 0 Å². The van der Waals surface area contributed by atoms with Gasteiger partial charge in [-0.2, -0.15) is 0 Å². The van der Waals surface area contributed by atoms with E-state index in [1.807, 2.05) is 25.1 Å². The van der Waals surface area contributed by atoms with Crippen molar-refractivity contribution in [3.05, 3.63) is 71.9 Å². The van der Waals surface area contributed by atoms with Gasteiger partial charge < -0.3 is 14.8 Å². The number of nitrogens with zero attached hydrogens (tertiary/aromatic N) is 2. The molecule has 0 radical (unpaired) electrons. The van der Waals surface area contributed by atoms with Gasteiger partial charge in [-0.1, -0.05) is 18.2 Å². The van der Waals surface area contributed by atoms with Gasteiger partial charge in [0.05, 0.1) is 18.5 Å². The Kier molecular flexibility index (Phi) is 4.87. The molecule has 0 unspecified atom stereocenters. The first-order chi connectivity index (χ1) is 14.1. The summed E-state index contributed by atoms with van der Waals surface area (Å²) in [5, 5.41) is 2.80. The summed E-state index contributed by atoms with van der Waals surface area (Å²) in [6.45, 7) is 1.72. The summed E-state index contributed by atoms with van der Waals surface area (Å²) in [6, 6.07) is 15.9. The van der Waals surface area contributed by atoms with Gasteiger partial charge in [0.15, 0.2) is 5.75 Å². The highest BCUT2D eigenvalue weighted by atomic mass is 16.5. The van der Waals surface area contributed by atoms with E-state index in [0.717, 1.165) is 5.56 Å². The predicted molar refractivity (Wildman–Crippen MR) is 109 cm³/mol. The Hall–Kier alpha value is -3.87. The molecule has 2 heterocycles. The van der Waals surface area contributed by atoms with Crippen molar-refractivity contribution in [2.75, 3.05) is 23.9 Å². The van der Waals surface area contributed by atoms with Gasteiger partial charge in [0.25, 0.3) is 5.91 Å². The number of fused-ring (bicyclic) bond motifs is 2. The summed E-state index contributed by atoms with van der Waals surface area (Å²) in [6.07, 6.45) is 1.56. The highest BCUT2D eigenvalue weighted by Crippen LogP contribution is 2.38. The van der Waals surface area contributed by atoms with Crippen molar-refractivity contribution in [3.8, 4) is 17.4 Å². The fourth-order valence-corrected chi connectivity index (χ4v) is 3.16. The van der Waals surface area contributed by atoms with E-state index < -0.39 is 0 Å². The molecule has 3 aromatic rings. The molecule has 146 valence electrons. The molecule has 0 spiro atoms. The van der Waals surface area contributed by atoms with E-state index in [2.05, 4.69) is 10.3 Å². The Bertz CT molecular complexity index is 1100. The summed E-state index contributed by atoms with van der Waals surface area (Å²) >= 11 is 0. The number of para-hydroxylation sites is 2. The van der Waals surface area contributed by atoms with Crippen molar-refractivity contribution < 1.29 is 19.1 Å². The van der Waals surface area contributed by atoms with Crippen LogP contribution in [0.1, 0.15) is 15.9 Å². The molecule has 2 amide bonds. The molecule has 0 aliphatic carbocycles. The van der Waals surface area contributed by atoms with Crippen molar-refractivity contribution in [2.24, 2.45) is 0 Å². The first-order valence-electron chi connectivity index (χ1n) is 9.05. The Labute approximate surface area is 167 Å². The molecule has 0 atom stereocenters. The number of methoxy groups -OCH3 is 1. The third-order valence-corrected chi connectivity index (χ3v) is 4.54. The van der Waals surface area contributed by atoms with E-state index in [4.69, 9.17) is 9.47 Å². The fraction of sp³-hybridized carbons (Fsp3) is 0.136. The molecule has 0 fully saturated rings. The molecule has 0 bridgehead atoms. The number of carbonyl (C=O) groups is 2. The standard InChI is InChI=1S/C22H19N3O4/c1-14-9-10-19-17(12-14)25(22(27)15-6-5-11-23-21(15)29-19)13-20(26)24-16-7-3-4-8-18(16)28-2/h3-12H,13H2,1-2H3,(H,24,26). The summed E-state index contributed by atoms with van der Waals surface area (Å²) in [7, 11) is 1.53. The van der Waals surface area contributed by atoms with E-state index in [-0.39, 0.29) is 24.2 Å². The molecular formula is C22H19N3O4. The van der Waals surface area contributed by atoms with Crippen molar-refractivity contribution in [2.45, 2.75) is 6.92 Å². The second-order valence-corrected chi connectivity index (χ2v) is 6.57. The number of hydrogen-bond donors (Lipinski definition) is 1. The van der Waals surface area contributed by atoms with Gasteiger partial charge in [0.1, 0.15) is 17.9 Å². The maximum atomic E-state index is 13.2. The number of aromatic nitrogens is 1. The lowest BCUT2D eigenvalue weighted by Crippen LogP contribution is -2.37. The van der Waals surface area contributed by atoms with Crippen LogP contribution >= 0.6 is 0 Å². The number of aryl methyl sites for hydroxylation is 1. The number of hydrogen-bond acceptors (Lipinski definition) is 5. The van der Waals surface area contributed by atoms with Crippen LogP contribution in [0, 0.1) is 6.92 Å². The average molecular weight is 389 g/mol. The third-order valence-electron chi connectivity index (χ3n) is 4.54. The summed E-state index contributed by atoms with van der Waals surface area (Å²) in [4.78, 5) is 31.6. The van der Waals surface area contributed by atoms with E-state index in [0.29, 0.717) is 28.4 Å². The lowest BCUT2D eigenvalue weighted by Gasteiger charge is -2.22. The van der Waals surface area contributed by atoms with E-state index in [9.17, 15) is 9.59 Å². The lowest BCUT2D eigenvalue weighted by molar-refractivity contribution is -0.114. The quantitative estimate of drug-likeness (QED) is 0.734. The van der Waals surface area contributed by atoms with Crippen LogP contribution in [0.3, 0.4) is 0 Å². The van der Waals surface area contributed by atoms with Gasteiger partial charge in [-0.3, -0.25) is 14.5 Å². The smallest absolute Gasteiger partial charge is 0.264 e. The third kappa shape index (κ3) is 3.62. The molecule has 7 nitrogen and oxygen atoms in total. The maximum absolute atomic E-state index is 13.2. The highest BCUT2D eigenvalue weighted by Gasteiger charge is 2.30. The molecule has 4 rings (SSSR count). The largest absolute Gasteiger partial charge is 0.495 e. The number of pyridine rings is 1. The van der Waals surface area contributed by atoms with Gasteiger partial charge in [0.2, 0.25) is 11.8 Å². The predicted octanol–water partition coefficient (Wildman–Crippen LogP) is 3.79. The van der Waals surface area contributed by atoms with E-state index in [1.165, 1.54) is 12.0 Å². The highest BCUT2D eigenvalue weighted by molar-refractivity contribution is 6.12. The average Bonchev–Trinajstić information content (AvgIpc) is 2.84. The Morgan fingerprint density at radius 3 is 2.83 bits per heavy atom. The Morgan fingerprint density at radius 2 is 2.00 bits per heavy atom. The Balaban J connectivity index is 1.69. The van der Waals surface area contributed by atoms with Crippen LogP contribution in [-0.4, -0.2) is 30.5 Å². The zero-order valence-corrected chi connectivity index (χ0v) is 16.0. The van der Waals surface area contributed by atoms with E-state index >= 15 is 0 Å². The maximum Gasteiger partial charge on any atom is 0.264 e. The monoisotopic (exact) mass is 389 g/mol. The van der Waals surface area contributed by atoms with Crippen LogP contribution < -0.4 is 19.7 Å². The zero-order chi connectivity index (χ0) is 20.4. The van der Waals surface area contributed by atoms with Crippen LogP contribution in [-0.2, 0) is 4.79 Å². The summed E-state index contributed by atoms with van der Waals surface area (Å²) in [5.41, 5.74) is 2.29. The van der Waals surface area contributed by atoms with Gasteiger partial charge in [-0.15, -0.1) is 0 Å². The second-order valence-electron chi connectivity index (χ2n) is 6.57. The molecule has 7 heteroatoms. The van der Waals surface area contributed by atoms with Gasteiger partial charge in [-0.05, 0) is 48.9 Å². The SMILES string of the molecule is COc1ccccc1NC(=O)CN1C(=O)c2cccnc2Oc2ccc(C)cc21. The number of anilines is 2. The first kappa shape index (κ1) is 18.5. The Morgan fingerprint density at radius 1 is 1.17 bits per heavy atom. The molecule has 0 saturated carbocycles. The van der Waals surface area contributed by atoms with Gasteiger partial charge in [0, 0.05) is 6.20 Å². The molecule has 1 aromatic heterocycles. The molecule has 1 aliphatic rings. The van der Waals surface area contributed by atoms with Crippen LogP contribution in [0.4, 0.5) is 11.4 Å². The topological polar surface area (TPSA) is 80.8 Å². The summed E-state index contributed by atoms with van der Waals surface area (Å²) in [5.74, 6) is 0.508. The van der Waals surface area contributed by atoms with Crippen molar-refractivity contribution >= 4 is 23.2 Å². The minimum atomic E-state index is -0.359. The van der Waals surface area contributed by atoms with Crippen LogP contribution in [0.15, 0.2) is 60.8 Å². The normalized spacial score (nSPS) is 12.3. The molecule has 1 aliphatic heterocycles. The number of benzene rings is 2. The molecule has 29 heavy (non-hydrogen) atoms. The number of ether oxygens (including phenoxy) is 2. The van der Waals surface area contributed by atoms with Crippen LogP contribution in [0.5, 0.6) is 17.4 Å². The molecule has 0 saturated heterocycles. The zero-order valence-electron chi connectivity index (χ0n) is 16.0. The number of nitrogens with one attached hydrogen (secondary N) is 1. The van der Waals surface area contributed by atoms with Crippen LogP contribution in [0.2, 0.25) is 0 Å². The number of carbonyl (C=O) groups excluding carboxylic acids is 2. The fourth-order valence-electron chi connectivity index (χ4n) is 3.16.